The first kappa shape index (κ1) is 8.94. The van der Waals surface area contributed by atoms with Crippen LogP contribution in [0, 0.1) is 5.92 Å². The van der Waals surface area contributed by atoms with Crippen LogP contribution < -0.4 is 0 Å². The van der Waals surface area contributed by atoms with Crippen LogP contribution in [0.4, 0.5) is 0 Å². The van der Waals surface area contributed by atoms with Crippen molar-refractivity contribution in [3.8, 4) is 0 Å². The van der Waals surface area contributed by atoms with Crippen molar-refractivity contribution in [1.82, 2.24) is 9.97 Å². The molecule has 0 unspecified atom stereocenters. The van der Waals surface area contributed by atoms with Crippen molar-refractivity contribution >= 4 is 16.8 Å². The molecule has 0 amide bonds. The maximum Gasteiger partial charge on any atom is 0.167 e. The summed E-state index contributed by atoms with van der Waals surface area (Å²) < 4.78 is 0. The minimum Gasteiger partial charge on any atom is -0.345 e. The SMILES string of the molecule is CC(C)C(=O)c1c[nH]c2ncccc12. The van der Waals surface area contributed by atoms with Gasteiger partial charge in [0.05, 0.1) is 0 Å². The van der Waals surface area contributed by atoms with Crippen molar-refractivity contribution in [2.24, 2.45) is 5.92 Å². The lowest BCUT2D eigenvalue weighted by Gasteiger charge is -2.01. The zero-order valence-electron chi connectivity index (χ0n) is 8.24. The van der Waals surface area contributed by atoms with Crippen LogP contribution >= 0.6 is 0 Å². The molecule has 2 rings (SSSR count). The van der Waals surface area contributed by atoms with Crippen molar-refractivity contribution in [3.05, 3.63) is 30.1 Å². The smallest absolute Gasteiger partial charge is 0.167 e. The summed E-state index contributed by atoms with van der Waals surface area (Å²) in [6, 6.07) is 3.75. The summed E-state index contributed by atoms with van der Waals surface area (Å²) in [7, 11) is 0. The number of aromatic nitrogens is 2. The van der Waals surface area contributed by atoms with Gasteiger partial charge >= 0.3 is 0 Å². The van der Waals surface area contributed by atoms with E-state index in [1.165, 1.54) is 0 Å². The molecule has 0 radical (unpaired) electrons. The number of Topliss-reactive ketones (excluding diaryl/α,β-unsaturated/α-hetero) is 1. The molecule has 72 valence electrons. The highest BCUT2D eigenvalue weighted by atomic mass is 16.1. The Morgan fingerprint density at radius 3 is 3.00 bits per heavy atom. The Bertz CT molecular complexity index is 471. The Morgan fingerprint density at radius 2 is 2.29 bits per heavy atom. The Balaban J connectivity index is 2.58. The molecule has 3 heteroatoms. The molecule has 0 fully saturated rings. The fourth-order valence-electron chi connectivity index (χ4n) is 1.47. The highest BCUT2D eigenvalue weighted by Crippen LogP contribution is 2.18. The zero-order chi connectivity index (χ0) is 10.1. The number of nitrogens with zero attached hydrogens (tertiary/aromatic N) is 1. The van der Waals surface area contributed by atoms with Gasteiger partial charge in [-0.05, 0) is 12.1 Å². The third-order valence-corrected chi connectivity index (χ3v) is 2.24. The number of nitrogens with one attached hydrogen (secondary N) is 1. The average Bonchev–Trinajstić information content (AvgIpc) is 2.60. The van der Waals surface area contributed by atoms with Crippen LogP contribution in [0.2, 0.25) is 0 Å². The highest BCUT2D eigenvalue weighted by molar-refractivity contribution is 6.07. The molecule has 0 bridgehead atoms. The molecule has 0 aromatic carbocycles. The number of H-pyrrole nitrogens is 1. The molecule has 0 aliphatic heterocycles. The summed E-state index contributed by atoms with van der Waals surface area (Å²) in [4.78, 5) is 18.9. The van der Waals surface area contributed by atoms with Gasteiger partial charge in [0, 0.05) is 29.3 Å². The van der Waals surface area contributed by atoms with Gasteiger partial charge < -0.3 is 4.98 Å². The average molecular weight is 188 g/mol. The summed E-state index contributed by atoms with van der Waals surface area (Å²) in [6.07, 6.45) is 3.45. The molecular formula is C11H12N2O. The lowest BCUT2D eigenvalue weighted by molar-refractivity contribution is 0.0941. The predicted molar refractivity (Wildman–Crippen MR) is 55.3 cm³/mol. The molecular weight excluding hydrogens is 176 g/mol. The fourth-order valence-corrected chi connectivity index (χ4v) is 1.47. The second kappa shape index (κ2) is 3.25. The molecule has 0 saturated heterocycles. The normalized spacial score (nSPS) is 11.1. The number of rotatable bonds is 2. The quantitative estimate of drug-likeness (QED) is 0.735. The number of aromatic amines is 1. The Hall–Kier alpha value is -1.64. The van der Waals surface area contributed by atoms with E-state index in [0.717, 1.165) is 16.6 Å². The maximum atomic E-state index is 11.8. The Kier molecular flexibility index (Phi) is 2.08. The van der Waals surface area contributed by atoms with Gasteiger partial charge in [0.15, 0.2) is 5.78 Å². The minimum atomic E-state index is 0.0224. The van der Waals surface area contributed by atoms with E-state index in [-0.39, 0.29) is 11.7 Å². The van der Waals surface area contributed by atoms with E-state index in [2.05, 4.69) is 9.97 Å². The predicted octanol–water partition coefficient (Wildman–Crippen LogP) is 2.40. The molecule has 2 aromatic rings. The second-order valence-electron chi connectivity index (χ2n) is 3.62. The maximum absolute atomic E-state index is 11.8. The van der Waals surface area contributed by atoms with Gasteiger partial charge in [-0.2, -0.15) is 0 Å². The van der Waals surface area contributed by atoms with Gasteiger partial charge in [-0.1, -0.05) is 13.8 Å². The van der Waals surface area contributed by atoms with E-state index in [1.807, 2.05) is 26.0 Å². The third kappa shape index (κ3) is 1.31. The van der Waals surface area contributed by atoms with Crippen LogP contribution in [0.25, 0.3) is 11.0 Å². The molecule has 0 atom stereocenters. The monoisotopic (exact) mass is 188 g/mol. The standard InChI is InChI=1S/C11H12N2O/c1-7(2)10(14)9-6-13-11-8(9)4-3-5-12-11/h3-7H,1-2H3,(H,12,13). The number of hydrogen-bond donors (Lipinski definition) is 1. The van der Waals surface area contributed by atoms with Crippen LogP contribution in [0.3, 0.4) is 0 Å². The molecule has 2 heterocycles. The number of ketones is 1. The van der Waals surface area contributed by atoms with Crippen molar-refractivity contribution in [2.75, 3.05) is 0 Å². The van der Waals surface area contributed by atoms with E-state index in [4.69, 9.17) is 0 Å². The zero-order valence-corrected chi connectivity index (χ0v) is 8.24. The third-order valence-electron chi connectivity index (χ3n) is 2.24. The van der Waals surface area contributed by atoms with Gasteiger partial charge in [-0.15, -0.1) is 0 Å². The molecule has 0 spiro atoms. The van der Waals surface area contributed by atoms with Crippen LogP contribution in [0.15, 0.2) is 24.5 Å². The lowest BCUT2D eigenvalue weighted by atomic mass is 10.0. The van der Waals surface area contributed by atoms with E-state index in [0.29, 0.717) is 0 Å². The second-order valence-corrected chi connectivity index (χ2v) is 3.62. The lowest BCUT2D eigenvalue weighted by Crippen LogP contribution is -2.06. The van der Waals surface area contributed by atoms with E-state index in [9.17, 15) is 4.79 Å². The molecule has 14 heavy (non-hydrogen) atoms. The summed E-state index contributed by atoms with van der Waals surface area (Å²) in [6.45, 7) is 3.80. The van der Waals surface area contributed by atoms with Crippen LogP contribution in [-0.2, 0) is 0 Å². The van der Waals surface area contributed by atoms with E-state index >= 15 is 0 Å². The van der Waals surface area contributed by atoms with Gasteiger partial charge in [0.25, 0.3) is 0 Å². The van der Waals surface area contributed by atoms with Gasteiger partial charge in [-0.3, -0.25) is 4.79 Å². The van der Waals surface area contributed by atoms with Crippen molar-refractivity contribution < 1.29 is 4.79 Å². The van der Waals surface area contributed by atoms with Gasteiger partial charge in [-0.25, -0.2) is 4.98 Å². The van der Waals surface area contributed by atoms with Gasteiger partial charge in [0.1, 0.15) is 5.65 Å². The highest BCUT2D eigenvalue weighted by Gasteiger charge is 2.14. The summed E-state index contributed by atoms with van der Waals surface area (Å²) in [5.41, 5.74) is 1.51. The number of carbonyl (C=O) groups excluding carboxylic acids is 1. The van der Waals surface area contributed by atoms with Crippen LogP contribution in [0.1, 0.15) is 24.2 Å². The van der Waals surface area contributed by atoms with Crippen molar-refractivity contribution in [3.63, 3.8) is 0 Å². The van der Waals surface area contributed by atoms with Crippen LogP contribution in [-0.4, -0.2) is 15.8 Å². The van der Waals surface area contributed by atoms with Crippen molar-refractivity contribution in [2.45, 2.75) is 13.8 Å². The first-order valence-corrected chi connectivity index (χ1v) is 4.66. The minimum absolute atomic E-state index is 0.0224. The van der Waals surface area contributed by atoms with Crippen molar-refractivity contribution in [1.29, 1.82) is 0 Å². The number of fused-ring (bicyclic) bond motifs is 1. The van der Waals surface area contributed by atoms with E-state index in [1.54, 1.807) is 12.4 Å². The number of hydrogen-bond acceptors (Lipinski definition) is 2. The molecule has 0 saturated carbocycles. The summed E-state index contributed by atoms with van der Waals surface area (Å²) in [5, 5.41) is 0.909. The number of carbonyl (C=O) groups is 1. The van der Waals surface area contributed by atoms with Gasteiger partial charge in [0.2, 0.25) is 0 Å². The Morgan fingerprint density at radius 1 is 1.50 bits per heavy atom. The molecule has 2 aromatic heterocycles. The number of pyridine rings is 1. The molecule has 3 nitrogen and oxygen atoms in total. The first-order chi connectivity index (χ1) is 6.70. The summed E-state index contributed by atoms with van der Waals surface area (Å²) >= 11 is 0. The first-order valence-electron chi connectivity index (χ1n) is 4.66. The largest absolute Gasteiger partial charge is 0.345 e. The fraction of sp³-hybridized carbons (Fsp3) is 0.273. The Labute approximate surface area is 82.2 Å². The molecule has 0 aliphatic rings. The molecule has 0 aliphatic carbocycles. The summed E-state index contributed by atoms with van der Waals surface area (Å²) in [5.74, 6) is 0.179. The topological polar surface area (TPSA) is 45.8 Å². The molecule has 1 N–H and O–H groups in total. The van der Waals surface area contributed by atoms with Crippen LogP contribution in [0.5, 0.6) is 0 Å². The van der Waals surface area contributed by atoms with E-state index < -0.39 is 0 Å².